The number of aryl methyl sites for hydroxylation is 1. The number of hydrogen-bond acceptors (Lipinski definition) is 2. The number of ether oxygens (including phenoxy) is 1. The highest BCUT2D eigenvalue weighted by Crippen LogP contribution is 2.57. The minimum absolute atomic E-state index is 0.0310. The molecule has 2 aliphatic carbocycles. The topological polar surface area (TPSA) is 42.1 Å². The molecule has 2 aliphatic rings. The second-order valence-electron chi connectivity index (χ2n) is 6.38. The highest BCUT2D eigenvalue weighted by molar-refractivity contribution is 5.88. The highest BCUT2D eigenvalue weighted by Gasteiger charge is 2.53. The number of nitrogens with one attached hydrogen (secondary N) is 1. The van der Waals surface area contributed by atoms with Gasteiger partial charge in [0.15, 0.2) is 0 Å². The average molecular weight is 283 g/mol. The van der Waals surface area contributed by atoms with Gasteiger partial charge in [-0.3, -0.25) is 4.79 Å². The maximum atomic E-state index is 12.6. The zero-order valence-electron chi connectivity index (χ0n) is 12.4. The van der Waals surface area contributed by atoms with Crippen LogP contribution in [0, 0.1) is 5.41 Å². The fourth-order valence-electron chi connectivity index (χ4n) is 4.58. The molecule has 0 radical (unpaired) electrons. The van der Waals surface area contributed by atoms with Crippen LogP contribution in [-0.4, -0.2) is 17.6 Å². The van der Waals surface area contributed by atoms with Gasteiger partial charge in [0.1, 0.15) is 0 Å². The van der Waals surface area contributed by atoms with Gasteiger partial charge < -0.3 is 9.72 Å². The van der Waals surface area contributed by atoms with Crippen LogP contribution in [0.1, 0.15) is 49.8 Å². The second-order valence-corrected chi connectivity index (χ2v) is 6.38. The van der Waals surface area contributed by atoms with Gasteiger partial charge in [0.05, 0.1) is 12.0 Å². The molecule has 0 bridgehead atoms. The van der Waals surface area contributed by atoms with Gasteiger partial charge in [0.2, 0.25) is 0 Å². The van der Waals surface area contributed by atoms with E-state index in [1.54, 1.807) is 0 Å². The predicted molar refractivity (Wildman–Crippen MR) is 82.3 cm³/mol. The van der Waals surface area contributed by atoms with Crippen LogP contribution in [0.15, 0.2) is 24.3 Å². The number of para-hydroxylation sites is 1. The zero-order valence-corrected chi connectivity index (χ0v) is 12.4. The third-order valence-electron chi connectivity index (χ3n) is 5.46. The molecule has 0 aliphatic heterocycles. The van der Waals surface area contributed by atoms with E-state index in [1.807, 2.05) is 6.92 Å². The van der Waals surface area contributed by atoms with Crippen molar-refractivity contribution in [3.8, 4) is 0 Å². The zero-order chi connectivity index (χ0) is 14.4. The first-order valence-electron chi connectivity index (χ1n) is 8.03. The lowest BCUT2D eigenvalue weighted by Crippen LogP contribution is -2.38. The van der Waals surface area contributed by atoms with Crippen molar-refractivity contribution in [2.75, 3.05) is 6.61 Å². The van der Waals surface area contributed by atoms with E-state index < -0.39 is 0 Å². The van der Waals surface area contributed by atoms with E-state index in [1.165, 1.54) is 22.2 Å². The van der Waals surface area contributed by atoms with Gasteiger partial charge in [0, 0.05) is 22.5 Å². The Morgan fingerprint density at radius 3 is 3.10 bits per heavy atom. The molecule has 2 atom stereocenters. The van der Waals surface area contributed by atoms with Crippen LogP contribution in [0.5, 0.6) is 0 Å². The minimum atomic E-state index is -0.270. The van der Waals surface area contributed by atoms with Crippen LogP contribution in [-0.2, 0) is 16.0 Å². The summed E-state index contributed by atoms with van der Waals surface area (Å²) in [6, 6.07) is 8.47. The number of benzene rings is 1. The van der Waals surface area contributed by atoms with E-state index in [-0.39, 0.29) is 11.4 Å². The van der Waals surface area contributed by atoms with Crippen LogP contribution in [0.2, 0.25) is 0 Å². The Morgan fingerprint density at radius 1 is 1.38 bits per heavy atom. The number of carbonyl (C=O) groups is 1. The summed E-state index contributed by atoms with van der Waals surface area (Å²) in [7, 11) is 0. The summed E-state index contributed by atoms with van der Waals surface area (Å²) < 4.78 is 5.44. The maximum absolute atomic E-state index is 12.6. The number of rotatable bonds is 2. The summed E-state index contributed by atoms with van der Waals surface area (Å²) in [5.41, 5.74) is 3.66. The number of aromatic nitrogens is 1. The number of H-pyrrole nitrogens is 1. The Morgan fingerprint density at radius 2 is 2.24 bits per heavy atom. The second kappa shape index (κ2) is 4.62. The molecular formula is C18H21NO2. The van der Waals surface area contributed by atoms with Crippen LogP contribution < -0.4 is 0 Å². The molecule has 0 spiro atoms. The monoisotopic (exact) mass is 283 g/mol. The molecule has 0 unspecified atom stereocenters. The van der Waals surface area contributed by atoms with Gasteiger partial charge in [0.25, 0.3) is 0 Å². The van der Waals surface area contributed by atoms with Gasteiger partial charge in [-0.05, 0) is 44.2 Å². The van der Waals surface area contributed by atoms with Crippen LogP contribution in [0.25, 0.3) is 10.9 Å². The molecule has 4 rings (SSSR count). The van der Waals surface area contributed by atoms with E-state index in [0.717, 1.165) is 32.1 Å². The van der Waals surface area contributed by atoms with E-state index in [2.05, 4.69) is 29.2 Å². The van der Waals surface area contributed by atoms with Crippen molar-refractivity contribution in [2.24, 2.45) is 5.41 Å². The minimum Gasteiger partial charge on any atom is -0.466 e. The number of aromatic amines is 1. The molecule has 3 nitrogen and oxygen atoms in total. The third kappa shape index (κ3) is 1.69. The lowest BCUT2D eigenvalue weighted by molar-refractivity contribution is -0.157. The maximum Gasteiger partial charge on any atom is 0.312 e. The number of hydrogen-bond donors (Lipinski definition) is 1. The van der Waals surface area contributed by atoms with Gasteiger partial charge in [-0.25, -0.2) is 0 Å². The van der Waals surface area contributed by atoms with E-state index in [9.17, 15) is 4.79 Å². The van der Waals surface area contributed by atoms with Crippen LogP contribution >= 0.6 is 0 Å². The van der Waals surface area contributed by atoms with Gasteiger partial charge in [-0.15, -0.1) is 0 Å². The van der Waals surface area contributed by atoms with Crippen LogP contribution in [0.3, 0.4) is 0 Å². The van der Waals surface area contributed by atoms with Crippen molar-refractivity contribution >= 4 is 16.9 Å². The fourth-order valence-corrected chi connectivity index (χ4v) is 4.58. The Kier molecular flexibility index (Phi) is 2.84. The van der Waals surface area contributed by atoms with Crippen molar-refractivity contribution in [2.45, 2.75) is 44.9 Å². The van der Waals surface area contributed by atoms with Gasteiger partial charge in [-0.1, -0.05) is 24.6 Å². The van der Waals surface area contributed by atoms with Crippen molar-refractivity contribution in [3.63, 3.8) is 0 Å². The summed E-state index contributed by atoms with van der Waals surface area (Å²) >= 11 is 0. The summed E-state index contributed by atoms with van der Waals surface area (Å²) in [6.07, 6.45) is 5.10. The summed E-state index contributed by atoms with van der Waals surface area (Å²) in [5.74, 6) is 0.361. The molecule has 2 aromatic rings. The molecule has 1 heterocycles. The molecular weight excluding hydrogens is 262 g/mol. The normalized spacial score (nSPS) is 27.4. The Hall–Kier alpha value is -1.77. The van der Waals surface area contributed by atoms with Crippen molar-refractivity contribution < 1.29 is 9.53 Å². The lowest BCUT2D eigenvalue weighted by atomic mass is 9.66. The highest BCUT2D eigenvalue weighted by atomic mass is 16.5. The Bertz CT molecular complexity index is 702. The van der Waals surface area contributed by atoms with Gasteiger partial charge in [-0.2, -0.15) is 0 Å². The first-order valence-corrected chi connectivity index (χ1v) is 8.03. The molecule has 110 valence electrons. The largest absolute Gasteiger partial charge is 0.466 e. The quantitative estimate of drug-likeness (QED) is 0.848. The number of fused-ring (bicyclic) bond motifs is 5. The molecule has 21 heavy (non-hydrogen) atoms. The smallest absolute Gasteiger partial charge is 0.312 e. The first kappa shape index (κ1) is 12.9. The van der Waals surface area contributed by atoms with Crippen molar-refractivity contribution in [3.05, 3.63) is 35.5 Å². The van der Waals surface area contributed by atoms with E-state index >= 15 is 0 Å². The SMILES string of the molecule is CCOC(=O)[C@@]12CCC[C@@H]1c1c([nH]c3ccccc13)CC2. The van der Waals surface area contributed by atoms with E-state index in [4.69, 9.17) is 4.74 Å². The number of esters is 1. The Labute approximate surface area is 124 Å². The van der Waals surface area contributed by atoms with E-state index in [0.29, 0.717) is 12.5 Å². The third-order valence-corrected chi connectivity index (χ3v) is 5.46. The first-order chi connectivity index (χ1) is 10.3. The number of carbonyl (C=O) groups excluding carboxylic acids is 1. The lowest BCUT2D eigenvalue weighted by Gasteiger charge is -2.37. The van der Waals surface area contributed by atoms with Crippen molar-refractivity contribution in [1.29, 1.82) is 0 Å². The molecule has 3 heteroatoms. The fraction of sp³-hybridized carbons (Fsp3) is 0.500. The molecule has 1 N–H and O–H groups in total. The molecule has 1 aromatic heterocycles. The average Bonchev–Trinajstić information content (AvgIpc) is 3.08. The summed E-state index contributed by atoms with van der Waals surface area (Å²) in [6.45, 7) is 2.38. The molecule has 1 aromatic carbocycles. The molecule has 1 fully saturated rings. The van der Waals surface area contributed by atoms with Crippen molar-refractivity contribution in [1.82, 2.24) is 4.98 Å². The Balaban J connectivity index is 1.87. The predicted octanol–water partition coefficient (Wildman–Crippen LogP) is 3.93. The van der Waals surface area contributed by atoms with Crippen LogP contribution in [0.4, 0.5) is 0 Å². The molecule has 0 amide bonds. The molecule has 1 saturated carbocycles. The summed E-state index contributed by atoms with van der Waals surface area (Å²) in [4.78, 5) is 16.2. The standard InChI is InChI=1S/C18H21NO2/c1-2-21-17(20)18-10-5-7-13(18)16-12-6-3-4-8-14(12)19-15(16)9-11-18/h3-4,6,8,13,19H,2,5,7,9-11H2,1H3/t13-,18-/m1/s1. The molecule has 0 saturated heterocycles. The summed E-state index contributed by atoms with van der Waals surface area (Å²) in [5, 5.41) is 1.30. The van der Waals surface area contributed by atoms with Gasteiger partial charge >= 0.3 is 5.97 Å².